The lowest BCUT2D eigenvalue weighted by Crippen LogP contribution is -2.35. The van der Waals surface area contributed by atoms with Crippen molar-refractivity contribution in [3.63, 3.8) is 0 Å². The molecule has 0 fully saturated rings. The molecule has 3 rings (SSSR count). The molecule has 27 heavy (non-hydrogen) atoms. The second kappa shape index (κ2) is 8.60. The molecule has 0 saturated carbocycles. The molecule has 6 heteroatoms. The molecule has 1 amide bonds. The van der Waals surface area contributed by atoms with Crippen molar-refractivity contribution in [1.82, 2.24) is 10.3 Å². The molecule has 138 valence electrons. The number of esters is 1. The first kappa shape index (κ1) is 18.8. The quantitative estimate of drug-likeness (QED) is 0.657. The van der Waals surface area contributed by atoms with Gasteiger partial charge in [0.1, 0.15) is 5.01 Å². The van der Waals surface area contributed by atoms with Gasteiger partial charge in [0.05, 0.1) is 0 Å². The van der Waals surface area contributed by atoms with E-state index < -0.39 is 12.1 Å². The maximum atomic E-state index is 12.3. The number of aryl methyl sites for hydroxylation is 1. The average molecular weight is 380 g/mol. The number of thiazole rings is 1. The highest BCUT2D eigenvalue weighted by Crippen LogP contribution is 2.24. The van der Waals surface area contributed by atoms with Gasteiger partial charge in [0.15, 0.2) is 11.8 Å². The molecular weight excluding hydrogens is 360 g/mol. The van der Waals surface area contributed by atoms with Crippen LogP contribution in [0.2, 0.25) is 0 Å². The molecule has 0 bridgehead atoms. The van der Waals surface area contributed by atoms with Gasteiger partial charge < -0.3 is 10.1 Å². The number of ether oxygens (including phenoxy) is 1. The summed E-state index contributed by atoms with van der Waals surface area (Å²) < 4.78 is 5.25. The minimum atomic E-state index is -0.897. The van der Waals surface area contributed by atoms with E-state index in [-0.39, 0.29) is 11.6 Å². The minimum Gasteiger partial charge on any atom is -0.448 e. The molecule has 1 N–H and O–H groups in total. The van der Waals surface area contributed by atoms with Crippen LogP contribution in [0.4, 0.5) is 0 Å². The van der Waals surface area contributed by atoms with Crippen molar-refractivity contribution in [3.8, 4) is 10.6 Å². The van der Waals surface area contributed by atoms with Gasteiger partial charge in [0, 0.05) is 17.5 Å². The van der Waals surface area contributed by atoms with Crippen LogP contribution in [-0.2, 0) is 16.1 Å². The molecule has 1 atom stereocenters. The fraction of sp³-hybridized carbons (Fsp3) is 0.190. The zero-order valence-corrected chi connectivity index (χ0v) is 16.0. The summed E-state index contributed by atoms with van der Waals surface area (Å²) in [5.74, 6) is -0.951. The normalized spacial score (nSPS) is 11.6. The topological polar surface area (TPSA) is 68.3 Å². The van der Waals surface area contributed by atoms with E-state index in [2.05, 4.69) is 10.3 Å². The van der Waals surface area contributed by atoms with Crippen LogP contribution in [0.25, 0.3) is 10.6 Å². The highest BCUT2D eigenvalue weighted by molar-refractivity contribution is 7.13. The summed E-state index contributed by atoms with van der Waals surface area (Å²) in [6, 6.07) is 17.5. The second-order valence-electron chi connectivity index (χ2n) is 6.15. The molecule has 0 aliphatic heterocycles. The van der Waals surface area contributed by atoms with Crippen molar-refractivity contribution in [1.29, 1.82) is 0 Å². The summed E-state index contributed by atoms with van der Waals surface area (Å²) in [6.07, 6.45) is -0.897. The van der Waals surface area contributed by atoms with Gasteiger partial charge in [-0.1, -0.05) is 60.2 Å². The Labute approximate surface area is 162 Å². The van der Waals surface area contributed by atoms with E-state index in [0.29, 0.717) is 6.54 Å². The Morgan fingerprint density at radius 3 is 2.52 bits per heavy atom. The number of hydrogen-bond acceptors (Lipinski definition) is 5. The van der Waals surface area contributed by atoms with Gasteiger partial charge >= 0.3 is 5.97 Å². The number of nitrogens with zero attached hydrogens (tertiary/aromatic N) is 1. The van der Waals surface area contributed by atoms with Gasteiger partial charge in [-0.15, -0.1) is 11.3 Å². The first-order valence-electron chi connectivity index (χ1n) is 8.58. The van der Waals surface area contributed by atoms with Gasteiger partial charge in [-0.25, -0.2) is 9.78 Å². The van der Waals surface area contributed by atoms with Crippen LogP contribution in [0.15, 0.2) is 60.0 Å². The zero-order valence-electron chi connectivity index (χ0n) is 15.1. The highest BCUT2D eigenvalue weighted by Gasteiger charge is 2.20. The smallest absolute Gasteiger partial charge is 0.358 e. The average Bonchev–Trinajstić information content (AvgIpc) is 3.17. The van der Waals surface area contributed by atoms with E-state index in [4.69, 9.17) is 4.74 Å². The molecule has 0 unspecified atom stereocenters. The van der Waals surface area contributed by atoms with Crippen molar-refractivity contribution in [3.05, 3.63) is 76.8 Å². The maximum Gasteiger partial charge on any atom is 0.358 e. The van der Waals surface area contributed by atoms with Crippen LogP contribution in [-0.4, -0.2) is 23.0 Å². The van der Waals surface area contributed by atoms with Gasteiger partial charge in [0.2, 0.25) is 0 Å². The number of rotatable bonds is 6. The maximum absolute atomic E-state index is 12.3. The van der Waals surface area contributed by atoms with E-state index in [9.17, 15) is 9.59 Å². The van der Waals surface area contributed by atoms with Crippen molar-refractivity contribution >= 4 is 23.2 Å². The molecule has 5 nitrogen and oxygen atoms in total. The zero-order chi connectivity index (χ0) is 19.2. The van der Waals surface area contributed by atoms with Crippen LogP contribution < -0.4 is 5.32 Å². The molecule has 2 aromatic carbocycles. The predicted octanol–water partition coefficient (Wildman–Crippen LogP) is 3.98. The van der Waals surface area contributed by atoms with E-state index in [1.165, 1.54) is 11.3 Å². The highest BCUT2D eigenvalue weighted by atomic mass is 32.1. The van der Waals surface area contributed by atoms with Crippen LogP contribution in [0.1, 0.15) is 28.5 Å². The fourth-order valence-corrected chi connectivity index (χ4v) is 3.19. The fourth-order valence-electron chi connectivity index (χ4n) is 2.40. The van der Waals surface area contributed by atoms with Gasteiger partial charge in [0.25, 0.3) is 5.91 Å². The lowest BCUT2D eigenvalue weighted by molar-refractivity contribution is -0.129. The molecule has 1 aromatic heterocycles. The minimum absolute atomic E-state index is 0.207. The summed E-state index contributed by atoms with van der Waals surface area (Å²) in [6.45, 7) is 3.94. The molecular formula is C21H20N2O3S. The first-order valence-corrected chi connectivity index (χ1v) is 9.46. The third-order valence-electron chi connectivity index (χ3n) is 3.97. The van der Waals surface area contributed by atoms with Crippen LogP contribution in [0.3, 0.4) is 0 Å². The monoisotopic (exact) mass is 380 g/mol. The van der Waals surface area contributed by atoms with E-state index >= 15 is 0 Å². The van der Waals surface area contributed by atoms with Crippen molar-refractivity contribution in [2.75, 3.05) is 0 Å². The summed E-state index contributed by atoms with van der Waals surface area (Å²) in [7, 11) is 0. The second-order valence-corrected chi connectivity index (χ2v) is 7.01. The van der Waals surface area contributed by atoms with Crippen molar-refractivity contribution in [2.45, 2.75) is 26.5 Å². The number of hydrogen-bond donors (Lipinski definition) is 1. The van der Waals surface area contributed by atoms with Gasteiger partial charge in [-0.3, -0.25) is 4.79 Å². The first-order chi connectivity index (χ1) is 13.0. The molecule has 0 spiro atoms. The van der Waals surface area contributed by atoms with Crippen LogP contribution >= 0.6 is 11.3 Å². The summed E-state index contributed by atoms with van der Waals surface area (Å²) in [5.41, 5.74) is 3.29. The number of amides is 1. The van der Waals surface area contributed by atoms with Gasteiger partial charge in [-0.05, 0) is 19.4 Å². The molecule has 3 aromatic rings. The van der Waals surface area contributed by atoms with Crippen molar-refractivity contribution < 1.29 is 14.3 Å². The Balaban J connectivity index is 1.56. The summed E-state index contributed by atoms with van der Waals surface area (Å²) in [5, 5.41) is 5.14. The Morgan fingerprint density at radius 1 is 1.11 bits per heavy atom. The molecule has 0 radical (unpaired) electrons. The lowest BCUT2D eigenvalue weighted by atomic mass is 10.2. The SMILES string of the molecule is Cc1ccc(-c2nc(C(=O)O[C@@H](C)C(=O)NCc3ccccc3)cs2)cc1. The Bertz CT molecular complexity index is 920. The molecule has 1 heterocycles. The third-order valence-corrected chi connectivity index (χ3v) is 4.87. The van der Waals surface area contributed by atoms with Gasteiger partial charge in [-0.2, -0.15) is 0 Å². The number of nitrogens with one attached hydrogen (secondary N) is 1. The number of carbonyl (C=O) groups excluding carboxylic acids is 2. The van der Waals surface area contributed by atoms with E-state index in [0.717, 1.165) is 21.7 Å². The summed E-state index contributed by atoms with van der Waals surface area (Å²) >= 11 is 1.37. The lowest BCUT2D eigenvalue weighted by Gasteiger charge is -2.12. The molecule has 0 aliphatic rings. The number of aromatic nitrogens is 1. The third kappa shape index (κ3) is 5.01. The summed E-state index contributed by atoms with van der Waals surface area (Å²) in [4.78, 5) is 28.7. The van der Waals surface area contributed by atoms with Crippen LogP contribution in [0.5, 0.6) is 0 Å². The Kier molecular flexibility index (Phi) is 5.98. The Hall–Kier alpha value is -2.99. The standard InChI is InChI=1S/C21H20N2O3S/c1-14-8-10-17(11-9-14)20-23-18(13-27-20)21(25)26-15(2)19(24)22-12-16-6-4-3-5-7-16/h3-11,13,15H,12H2,1-2H3,(H,22,24)/t15-/m0/s1. The predicted molar refractivity (Wildman–Crippen MR) is 105 cm³/mol. The van der Waals surface area contributed by atoms with Crippen molar-refractivity contribution in [2.24, 2.45) is 0 Å². The molecule has 0 saturated heterocycles. The largest absolute Gasteiger partial charge is 0.448 e. The van der Waals surface area contributed by atoms with Crippen LogP contribution in [0, 0.1) is 6.92 Å². The van der Waals surface area contributed by atoms with E-state index in [1.54, 1.807) is 12.3 Å². The number of benzene rings is 2. The molecule has 0 aliphatic carbocycles. The number of carbonyl (C=O) groups is 2. The van der Waals surface area contributed by atoms with E-state index in [1.807, 2.05) is 61.5 Å². The Morgan fingerprint density at radius 2 is 1.81 bits per heavy atom.